The van der Waals surface area contributed by atoms with E-state index in [1.807, 2.05) is 7.05 Å². The van der Waals surface area contributed by atoms with Crippen molar-refractivity contribution in [1.82, 2.24) is 19.7 Å². The molecule has 1 atom stereocenters. The molecule has 7 heteroatoms. The number of nitrogens with one attached hydrogen (secondary N) is 1. The molecule has 29 heavy (non-hydrogen) atoms. The lowest BCUT2D eigenvalue weighted by molar-refractivity contribution is -0.0851. The van der Waals surface area contributed by atoms with Crippen molar-refractivity contribution in [2.24, 2.45) is 7.05 Å². The minimum Gasteiger partial charge on any atom is -0.369 e. The van der Waals surface area contributed by atoms with Crippen LogP contribution in [0.5, 0.6) is 0 Å². The quantitative estimate of drug-likeness (QED) is 0.666. The molecule has 1 unspecified atom stereocenters. The van der Waals surface area contributed by atoms with Gasteiger partial charge in [-0.15, -0.1) is 5.10 Å². The molecule has 0 bridgehead atoms. The monoisotopic (exact) mass is 398 g/mol. The summed E-state index contributed by atoms with van der Waals surface area (Å²) in [5, 5.41) is 7.37. The summed E-state index contributed by atoms with van der Waals surface area (Å²) in [7, 11) is 1.84. The molecule has 158 valence electrons. The molecule has 1 saturated heterocycles. The zero-order chi connectivity index (χ0) is 20.1. The van der Waals surface area contributed by atoms with E-state index in [2.05, 4.69) is 44.6 Å². The molecule has 2 aromatic rings. The van der Waals surface area contributed by atoms with Crippen LogP contribution in [-0.4, -0.2) is 52.5 Å². The lowest BCUT2D eigenvalue weighted by atomic mass is 9.78. The van der Waals surface area contributed by atoms with Crippen molar-refractivity contribution in [3.63, 3.8) is 0 Å². The van der Waals surface area contributed by atoms with Crippen LogP contribution in [0.1, 0.15) is 49.7 Å². The number of ether oxygens (including phenoxy) is 1. The maximum atomic E-state index is 6.72. The van der Waals surface area contributed by atoms with Gasteiger partial charge in [0.15, 0.2) is 0 Å². The number of hydrogen-bond acceptors (Lipinski definition) is 6. The predicted molar refractivity (Wildman–Crippen MR) is 116 cm³/mol. The van der Waals surface area contributed by atoms with E-state index in [0.29, 0.717) is 11.9 Å². The molecule has 1 aromatic carbocycles. The molecule has 0 amide bonds. The van der Waals surface area contributed by atoms with Crippen molar-refractivity contribution >= 4 is 11.9 Å². The number of benzene rings is 1. The van der Waals surface area contributed by atoms with Crippen molar-refractivity contribution in [2.45, 2.75) is 50.5 Å². The molecule has 2 heterocycles. The van der Waals surface area contributed by atoms with Crippen LogP contribution in [0.3, 0.4) is 0 Å². The molecular weight excluding hydrogens is 364 g/mol. The molecular formula is C22H34N6O. The Balaban J connectivity index is 1.40. The van der Waals surface area contributed by atoms with E-state index in [1.54, 1.807) is 4.68 Å². The molecule has 3 N–H and O–H groups in total. The summed E-state index contributed by atoms with van der Waals surface area (Å²) >= 11 is 0. The van der Waals surface area contributed by atoms with Crippen LogP contribution >= 0.6 is 0 Å². The normalized spacial score (nSPS) is 22.4. The van der Waals surface area contributed by atoms with Gasteiger partial charge in [0.25, 0.3) is 0 Å². The first-order valence-electron chi connectivity index (χ1n) is 11.0. The van der Waals surface area contributed by atoms with Gasteiger partial charge in [-0.05, 0) is 62.7 Å². The number of nitrogens with zero attached hydrogens (tertiary/aromatic N) is 4. The fourth-order valence-electron chi connectivity index (χ4n) is 4.82. The second-order valence-electron chi connectivity index (χ2n) is 8.39. The predicted octanol–water partition coefficient (Wildman–Crippen LogP) is 2.93. The fourth-order valence-corrected chi connectivity index (χ4v) is 4.82. The minimum atomic E-state index is -0.179. The number of fused-ring (bicyclic) bond motifs is 1. The molecule has 1 fully saturated rings. The second-order valence-corrected chi connectivity index (χ2v) is 8.39. The maximum absolute atomic E-state index is 6.72. The summed E-state index contributed by atoms with van der Waals surface area (Å²) in [6, 6.07) is 8.90. The van der Waals surface area contributed by atoms with Gasteiger partial charge in [-0.3, -0.25) is 0 Å². The third kappa shape index (κ3) is 4.73. The van der Waals surface area contributed by atoms with Gasteiger partial charge < -0.3 is 20.7 Å². The van der Waals surface area contributed by atoms with Gasteiger partial charge in [0.05, 0.1) is 0 Å². The number of aromatic nitrogens is 3. The summed E-state index contributed by atoms with van der Waals surface area (Å²) in [6.07, 6.45) is 8.35. The number of likely N-dealkylation sites (tertiary alicyclic amines) is 1. The third-order valence-corrected chi connectivity index (χ3v) is 6.22. The van der Waals surface area contributed by atoms with Gasteiger partial charge in [0, 0.05) is 26.7 Å². The first kappa shape index (κ1) is 20.2. The Morgan fingerprint density at radius 2 is 2.00 bits per heavy atom. The molecule has 0 saturated carbocycles. The van der Waals surface area contributed by atoms with Crippen LogP contribution in [0.15, 0.2) is 24.3 Å². The SMILES string of the molecule is Cn1nc(N)nc1NCCCOC1(CN2CCCCC2)CCCc2ccccc21. The van der Waals surface area contributed by atoms with Crippen LogP contribution < -0.4 is 11.1 Å². The summed E-state index contributed by atoms with van der Waals surface area (Å²) in [4.78, 5) is 6.81. The number of piperidine rings is 1. The van der Waals surface area contributed by atoms with E-state index in [0.717, 1.165) is 39.0 Å². The summed E-state index contributed by atoms with van der Waals surface area (Å²) in [5.41, 5.74) is 8.34. The van der Waals surface area contributed by atoms with Crippen LogP contribution in [0, 0.1) is 0 Å². The molecule has 1 aliphatic carbocycles. The largest absolute Gasteiger partial charge is 0.369 e. The zero-order valence-corrected chi connectivity index (χ0v) is 17.6. The van der Waals surface area contributed by atoms with E-state index in [4.69, 9.17) is 10.5 Å². The molecule has 0 spiro atoms. The van der Waals surface area contributed by atoms with Crippen molar-refractivity contribution in [2.75, 3.05) is 43.8 Å². The molecule has 1 aromatic heterocycles. The lowest BCUT2D eigenvalue weighted by Crippen LogP contribution is -2.47. The number of hydrogen-bond donors (Lipinski definition) is 2. The van der Waals surface area contributed by atoms with Gasteiger partial charge in [-0.1, -0.05) is 30.7 Å². The summed E-state index contributed by atoms with van der Waals surface area (Å²) in [6.45, 7) is 4.91. The Morgan fingerprint density at radius 1 is 1.17 bits per heavy atom. The Hall–Kier alpha value is -2.12. The fraction of sp³-hybridized carbons (Fsp3) is 0.636. The Morgan fingerprint density at radius 3 is 2.79 bits per heavy atom. The van der Waals surface area contributed by atoms with E-state index in [9.17, 15) is 0 Å². The molecule has 7 nitrogen and oxygen atoms in total. The molecule has 0 radical (unpaired) electrons. The highest BCUT2D eigenvalue weighted by molar-refractivity contribution is 5.35. The van der Waals surface area contributed by atoms with Crippen molar-refractivity contribution < 1.29 is 4.74 Å². The van der Waals surface area contributed by atoms with Crippen LogP contribution in [-0.2, 0) is 23.8 Å². The highest BCUT2D eigenvalue weighted by Crippen LogP contribution is 2.39. The Labute approximate surface area is 173 Å². The van der Waals surface area contributed by atoms with Gasteiger partial charge in [0.2, 0.25) is 11.9 Å². The molecule has 1 aliphatic heterocycles. The van der Waals surface area contributed by atoms with Gasteiger partial charge in [-0.25, -0.2) is 4.68 Å². The number of anilines is 2. The van der Waals surface area contributed by atoms with Gasteiger partial charge in [0.1, 0.15) is 5.60 Å². The van der Waals surface area contributed by atoms with E-state index in [1.165, 1.54) is 49.9 Å². The van der Waals surface area contributed by atoms with Crippen LogP contribution in [0.25, 0.3) is 0 Å². The highest BCUT2D eigenvalue weighted by Gasteiger charge is 2.39. The Bertz CT molecular complexity index is 800. The van der Waals surface area contributed by atoms with Crippen LogP contribution in [0.4, 0.5) is 11.9 Å². The van der Waals surface area contributed by atoms with Crippen LogP contribution in [0.2, 0.25) is 0 Å². The zero-order valence-electron chi connectivity index (χ0n) is 17.6. The Kier molecular flexibility index (Phi) is 6.35. The smallest absolute Gasteiger partial charge is 0.241 e. The number of nitrogens with two attached hydrogens (primary N) is 1. The highest BCUT2D eigenvalue weighted by atomic mass is 16.5. The summed E-state index contributed by atoms with van der Waals surface area (Å²) < 4.78 is 8.40. The average molecular weight is 399 g/mol. The van der Waals surface area contributed by atoms with Crippen molar-refractivity contribution in [3.05, 3.63) is 35.4 Å². The topological polar surface area (TPSA) is 81.2 Å². The standard InChI is InChI=1S/C22H34N6O/c1-27-21(25-20(23)26-27)24-13-8-16-29-22(17-28-14-5-2-6-15-28)12-7-10-18-9-3-4-11-19(18)22/h3-4,9,11H,2,5-8,10,12-17H2,1H3,(H3,23,24,25,26). The van der Waals surface area contributed by atoms with E-state index in [-0.39, 0.29) is 5.60 Å². The molecule has 2 aliphatic rings. The van der Waals surface area contributed by atoms with Gasteiger partial charge in [-0.2, -0.15) is 4.98 Å². The van der Waals surface area contributed by atoms with E-state index >= 15 is 0 Å². The lowest BCUT2D eigenvalue weighted by Gasteiger charge is -2.43. The average Bonchev–Trinajstić information content (AvgIpc) is 3.06. The second kappa shape index (κ2) is 9.13. The van der Waals surface area contributed by atoms with E-state index < -0.39 is 0 Å². The number of nitrogen functional groups attached to an aromatic ring is 1. The summed E-state index contributed by atoms with van der Waals surface area (Å²) in [5.74, 6) is 0.999. The first-order chi connectivity index (χ1) is 14.2. The number of rotatable bonds is 8. The maximum Gasteiger partial charge on any atom is 0.241 e. The third-order valence-electron chi connectivity index (χ3n) is 6.22. The minimum absolute atomic E-state index is 0.179. The molecule has 4 rings (SSSR count). The number of aryl methyl sites for hydroxylation is 2. The van der Waals surface area contributed by atoms with Crippen molar-refractivity contribution in [1.29, 1.82) is 0 Å². The van der Waals surface area contributed by atoms with Gasteiger partial charge >= 0.3 is 0 Å². The first-order valence-corrected chi connectivity index (χ1v) is 11.0. The van der Waals surface area contributed by atoms with Crippen molar-refractivity contribution in [3.8, 4) is 0 Å².